The first kappa shape index (κ1) is 25.3. The van der Waals surface area contributed by atoms with Crippen LogP contribution in [0.1, 0.15) is 58.8 Å². The lowest BCUT2D eigenvalue weighted by molar-refractivity contribution is -0.129. The predicted octanol–water partition coefficient (Wildman–Crippen LogP) is 2.94. The highest BCUT2D eigenvalue weighted by Crippen LogP contribution is 2.15. The Morgan fingerprint density at radius 3 is 2.30 bits per heavy atom. The summed E-state index contributed by atoms with van der Waals surface area (Å²) in [6, 6.07) is 0. The number of amides is 1. The van der Waals surface area contributed by atoms with E-state index < -0.39 is 23.7 Å². The summed E-state index contributed by atoms with van der Waals surface area (Å²) in [7, 11) is 0. The van der Waals surface area contributed by atoms with E-state index in [2.05, 4.69) is 6.92 Å². The zero-order valence-electron chi connectivity index (χ0n) is 16.4. The van der Waals surface area contributed by atoms with Gasteiger partial charge in [0, 0.05) is 6.42 Å². The summed E-state index contributed by atoms with van der Waals surface area (Å²) in [5, 5.41) is 38.1. The van der Waals surface area contributed by atoms with Crippen molar-refractivity contribution in [1.29, 1.82) is 0 Å². The minimum absolute atomic E-state index is 0.157. The van der Waals surface area contributed by atoms with Crippen LogP contribution in [-0.2, 0) is 4.79 Å². The topological polar surface area (TPSA) is 110 Å². The van der Waals surface area contributed by atoms with Crippen molar-refractivity contribution in [2.24, 2.45) is 0 Å². The van der Waals surface area contributed by atoms with E-state index in [1.165, 1.54) is 0 Å². The van der Waals surface area contributed by atoms with Crippen LogP contribution in [0.3, 0.4) is 0 Å². The Kier molecular flexibility index (Phi) is 14.4. The van der Waals surface area contributed by atoms with Crippen molar-refractivity contribution in [1.82, 2.24) is 5.48 Å². The smallest absolute Gasteiger partial charge is 0.243 e. The summed E-state index contributed by atoms with van der Waals surface area (Å²) in [4.78, 5) is 10.9. The maximum Gasteiger partial charge on any atom is 0.243 e. The molecule has 0 aliphatic carbocycles. The van der Waals surface area contributed by atoms with Gasteiger partial charge in [-0.25, -0.2) is 5.48 Å². The molecule has 0 aromatic rings. The first-order valence-electron chi connectivity index (χ1n) is 9.53. The fourth-order valence-electron chi connectivity index (χ4n) is 2.35. The molecule has 1 amide bonds. The Balaban J connectivity index is 4.14. The van der Waals surface area contributed by atoms with Gasteiger partial charge < -0.3 is 15.3 Å². The largest absolute Gasteiger partial charge is 0.390 e. The van der Waals surface area contributed by atoms with Gasteiger partial charge in [0.1, 0.15) is 0 Å². The van der Waals surface area contributed by atoms with Crippen LogP contribution in [0.2, 0.25) is 0 Å². The number of hydroxylamine groups is 1. The molecule has 0 aromatic heterocycles. The van der Waals surface area contributed by atoms with Gasteiger partial charge in [-0.2, -0.15) is 0 Å². The molecule has 5 N–H and O–H groups in total. The van der Waals surface area contributed by atoms with Crippen LogP contribution in [0.15, 0.2) is 48.6 Å². The number of aliphatic hydroxyl groups excluding tert-OH is 2. The third-order valence-corrected chi connectivity index (χ3v) is 4.03. The Morgan fingerprint density at radius 1 is 1.04 bits per heavy atom. The summed E-state index contributed by atoms with van der Waals surface area (Å²) < 4.78 is 0. The SMILES string of the molecule is CCCCC[C@@H](O)[C@H](O)/C=C/C=C/C=C\C=C\C(C)(O)CCCC(=O)NO. The molecule has 0 heterocycles. The molecule has 0 fully saturated rings. The molecule has 6 nitrogen and oxygen atoms in total. The summed E-state index contributed by atoms with van der Waals surface area (Å²) in [6.07, 6.45) is 16.7. The molecular formula is C21H35NO5. The molecule has 0 aromatic carbocycles. The second-order valence-electron chi connectivity index (χ2n) is 6.81. The van der Waals surface area contributed by atoms with Gasteiger partial charge >= 0.3 is 0 Å². The number of carbonyl (C=O) groups excluding carboxylic acids is 1. The van der Waals surface area contributed by atoms with Crippen molar-refractivity contribution in [3.8, 4) is 0 Å². The minimum atomic E-state index is -1.03. The number of aliphatic hydroxyl groups is 3. The lowest BCUT2D eigenvalue weighted by Crippen LogP contribution is -2.23. The molecular weight excluding hydrogens is 346 g/mol. The third kappa shape index (κ3) is 15.1. The number of nitrogens with one attached hydrogen (secondary N) is 1. The first-order valence-corrected chi connectivity index (χ1v) is 9.53. The average Bonchev–Trinajstić information content (AvgIpc) is 2.63. The molecule has 0 rings (SSSR count). The molecule has 0 radical (unpaired) electrons. The van der Waals surface area contributed by atoms with Crippen molar-refractivity contribution in [2.45, 2.75) is 76.6 Å². The van der Waals surface area contributed by atoms with Gasteiger partial charge in [-0.3, -0.25) is 10.0 Å². The van der Waals surface area contributed by atoms with Crippen molar-refractivity contribution in [2.75, 3.05) is 0 Å². The van der Waals surface area contributed by atoms with E-state index in [9.17, 15) is 20.1 Å². The van der Waals surface area contributed by atoms with Crippen molar-refractivity contribution in [3.05, 3.63) is 48.6 Å². The van der Waals surface area contributed by atoms with E-state index in [-0.39, 0.29) is 6.42 Å². The Morgan fingerprint density at radius 2 is 1.67 bits per heavy atom. The number of hydrogen-bond acceptors (Lipinski definition) is 5. The molecule has 0 aliphatic rings. The lowest BCUT2D eigenvalue weighted by Gasteiger charge is -2.17. The molecule has 1 unspecified atom stereocenters. The highest BCUT2D eigenvalue weighted by atomic mass is 16.5. The number of rotatable bonds is 14. The molecule has 0 saturated heterocycles. The zero-order chi connectivity index (χ0) is 20.5. The maximum absolute atomic E-state index is 10.9. The summed E-state index contributed by atoms with van der Waals surface area (Å²) in [6.45, 7) is 3.75. The second kappa shape index (κ2) is 15.3. The predicted molar refractivity (Wildman–Crippen MR) is 107 cm³/mol. The number of unbranched alkanes of at least 4 members (excludes halogenated alkanes) is 2. The van der Waals surface area contributed by atoms with E-state index in [0.717, 1.165) is 19.3 Å². The van der Waals surface area contributed by atoms with E-state index in [1.807, 2.05) is 0 Å². The highest BCUT2D eigenvalue weighted by molar-refractivity contribution is 5.74. The first-order chi connectivity index (χ1) is 12.8. The Labute approximate surface area is 162 Å². The number of carbonyl (C=O) groups is 1. The van der Waals surface area contributed by atoms with Gasteiger partial charge in [-0.15, -0.1) is 0 Å². The molecule has 0 spiro atoms. The van der Waals surface area contributed by atoms with E-state index in [4.69, 9.17) is 5.21 Å². The molecule has 0 bridgehead atoms. The monoisotopic (exact) mass is 381 g/mol. The standard InChI is InChI=1S/C21H35NO5/c1-3-4-9-13-18(23)19(24)14-10-7-5-6-8-11-16-21(2,26)17-12-15-20(25)22-27/h5-8,10-11,14,16,18-19,23-24,26-27H,3-4,9,12-13,15,17H2,1-2H3,(H,22,25)/b7-5+,8-6-,14-10+,16-11+/t18-,19-,21?/m1/s1. The Hall–Kier alpha value is -1.73. The van der Waals surface area contributed by atoms with Gasteiger partial charge in [-0.05, 0) is 26.2 Å². The molecule has 0 aliphatic heterocycles. The normalized spacial score (nSPS) is 17.1. The highest BCUT2D eigenvalue weighted by Gasteiger charge is 2.15. The molecule has 3 atom stereocenters. The maximum atomic E-state index is 10.9. The van der Waals surface area contributed by atoms with Gasteiger partial charge in [0.15, 0.2) is 0 Å². The van der Waals surface area contributed by atoms with E-state index in [1.54, 1.807) is 61.0 Å². The summed E-state index contributed by atoms with van der Waals surface area (Å²) in [5.74, 6) is -0.466. The fourth-order valence-corrected chi connectivity index (χ4v) is 2.35. The summed E-state index contributed by atoms with van der Waals surface area (Å²) >= 11 is 0. The molecule has 0 saturated carbocycles. The van der Waals surface area contributed by atoms with E-state index in [0.29, 0.717) is 19.3 Å². The van der Waals surface area contributed by atoms with Crippen LogP contribution >= 0.6 is 0 Å². The van der Waals surface area contributed by atoms with Crippen molar-refractivity contribution in [3.63, 3.8) is 0 Å². The lowest BCUT2D eigenvalue weighted by atomic mass is 9.98. The van der Waals surface area contributed by atoms with Gasteiger partial charge in [-0.1, -0.05) is 74.8 Å². The van der Waals surface area contributed by atoms with Crippen molar-refractivity contribution < 1.29 is 25.3 Å². The quantitative estimate of drug-likeness (QED) is 0.138. The third-order valence-electron chi connectivity index (χ3n) is 4.03. The zero-order valence-corrected chi connectivity index (χ0v) is 16.4. The van der Waals surface area contributed by atoms with Crippen LogP contribution in [0.25, 0.3) is 0 Å². The molecule has 154 valence electrons. The summed E-state index contributed by atoms with van der Waals surface area (Å²) in [5.41, 5.74) is 0.534. The van der Waals surface area contributed by atoms with Gasteiger partial charge in [0.05, 0.1) is 17.8 Å². The second-order valence-corrected chi connectivity index (χ2v) is 6.81. The fraction of sp³-hybridized carbons (Fsp3) is 0.571. The molecule has 6 heteroatoms. The number of hydrogen-bond donors (Lipinski definition) is 5. The van der Waals surface area contributed by atoms with E-state index >= 15 is 0 Å². The van der Waals surface area contributed by atoms with Crippen molar-refractivity contribution >= 4 is 5.91 Å². The minimum Gasteiger partial charge on any atom is -0.390 e. The van der Waals surface area contributed by atoms with Gasteiger partial charge in [0.2, 0.25) is 5.91 Å². The van der Waals surface area contributed by atoms with Crippen LogP contribution in [-0.4, -0.2) is 44.2 Å². The van der Waals surface area contributed by atoms with Crippen LogP contribution < -0.4 is 5.48 Å². The van der Waals surface area contributed by atoms with Crippen LogP contribution in [0.5, 0.6) is 0 Å². The van der Waals surface area contributed by atoms with Gasteiger partial charge in [0.25, 0.3) is 0 Å². The van der Waals surface area contributed by atoms with Crippen LogP contribution in [0, 0.1) is 0 Å². The Bertz CT molecular complexity index is 509. The van der Waals surface area contributed by atoms with Crippen LogP contribution in [0.4, 0.5) is 0 Å². The average molecular weight is 382 g/mol. The molecule has 27 heavy (non-hydrogen) atoms. The number of allylic oxidation sites excluding steroid dienone is 6.